The second-order valence-corrected chi connectivity index (χ2v) is 7.37. The highest BCUT2D eigenvalue weighted by Crippen LogP contribution is 2.32. The first-order chi connectivity index (χ1) is 14.5. The van der Waals surface area contributed by atoms with Crippen LogP contribution < -0.4 is 25.7 Å². The van der Waals surface area contributed by atoms with Gasteiger partial charge < -0.3 is 14.8 Å². The van der Waals surface area contributed by atoms with E-state index in [4.69, 9.17) is 9.47 Å². The maximum atomic E-state index is 12.4. The van der Waals surface area contributed by atoms with Crippen LogP contribution in [0, 0.1) is 0 Å². The van der Waals surface area contributed by atoms with Gasteiger partial charge in [-0.3, -0.25) is 19.5 Å². The van der Waals surface area contributed by atoms with Gasteiger partial charge in [0, 0.05) is 18.8 Å². The van der Waals surface area contributed by atoms with Crippen LogP contribution in [0.3, 0.4) is 0 Å². The molecule has 1 aliphatic rings. The quantitative estimate of drug-likeness (QED) is 0.486. The highest BCUT2D eigenvalue weighted by molar-refractivity contribution is 7.99. The zero-order valence-corrected chi connectivity index (χ0v) is 16.8. The Morgan fingerprint density at radius 2 is 1.90 bits per heavy atom. The van der Waals surface area contributed by atoms with Gasteiger partial charge in [0.05, 0.1) is 16.7 Å². The standard InChI is InChI=1S/C20H18N4O5S/c1-24-18(26)13-4-2-3-5-14(13)22-20(24)30-11-17(25)23-19(27)21-12-6-7-15-16(10-12)29-9-8-28-15/h2-7,10H,8-9,11H2,1H3,(H2,21,23,25,27). The fraction of sp³-hybridized carbons (Fsp3) is 0.200. The molecule has 0 fully saturated rings. The predicted molar refractivity (Wildman–Crippen MR) is 112 cm³/mol. The first kappa shape index (κ1) is 19.8. The van der Waals surface area contributed by atoms with Gasteiger partial charge >= 0.3 is 6.03 Å². The van der Waals surface area contributed by atoms with Crippen molar-refractivity contribution in [3.8, 4) is 11.5 Å². The average Bonchev–Trinajstić information content (AvgIpc) is 2.75. The van der Waals surface area contributed by atoms with Crippen molar-refractivity contribution >= 4 is 40.3 Å². The van der Waals surface area contributed by atoms with Gasteiger partial charge in [0.15, 0.2) is 16.7 Å². The van der Waals surface area contributed by atoms with E-state index < -0.39 is 11.9 Å². The summed E-state index contributed by atoms with van der Waals surface area (Å²) in [5.41, 5.74) is 0.829. The lowest BCUT2D eigenvalue weighted by molar-refractivity contribution is -0.117. The Kier molecular flexibility index (Phi) is 5.57. The molecule has 0 saturated heterocycles. The van der Waals surface area contributed by atoms with E-state index >= 15 is 0 Å². The first-order valence-electron chi connectivity index (χ1n) is 9.10. The molecule has 3 amide bonds. The summed E-state index contributed by atoms with van der Waals surface area (Å²) in [5, 5.41) is 5.73. The van der Waals surface area contributed by atoms with Crippen LogP contribution in [-0.2, 0) is 11.8 Å². The van der Waals surface area contributed by atoms with E-state index in [9.17, 15) is 14.4 Å². The summed E-state index contributed by atoms with van der Waals surface area (Å²) in [4.78, 5) is 41.1. The second-order valence-electron chi connectivity index (χ2n) is 6.43. The highest BCUT2D eigenvalue weighted by Gasteiger charge is 2.15. The molecule has 2 aromatic carbocycles. The molecular formula is C20H18N4O5S. The number of thioether (sulfide) groups is 1. The number of ether oxygens (including phenoxy) is 2. The Bertz CT molecular complexity index is 1190. The van der Waals surface area contributed by atoms with E-state index in [1.807, 2.05) is 0 Å². The molecule has 1 aliphatic heterocycles. The number of urea groups is 1. The molecule has 4 rings (SSSR count). The lowest BCUT2D eigenvalue weighted by Crippen LogP contribution is -2.35. The molecule has 0 unspecified atom stereocenters. The molecule has 0 spiro atoms. The number of aromatic nitrogens is 2. The molecule has 10 heteroatoms. The van der Waals surface area contributed by atoms with Crippen LogP contribution in [0.25, 0.3) is 10.9 Å². The molecule has 2 N–H and O–H groups in total. The summed E-state index contributed by atoms with van der Waals surface area (Å²) in [5.74, 6) is 0.544. The third kappa shape index (κ3) is 4.23. The molecule has 0 atom stereocenters. The van der Waals surface area contributed by atoms with Crippen LogP contribution in [0.1, 0.15) is 0 Å². The number of fused-ring (bicyclic) bond motifs is 2. The van der Waals surface area contributed by atoms with Gasteiger partial charge in [-0.05, 0) is 24.3 Å². The summed E-state index contributed by atoms with van der Waals surface area (Å²) >= 11 is 1.07. The number of carbonyl (C=O) groups is 2. The largest absolute Gasteiger partial charge is 0.486 e. The number of rotatable bonds is 4. The monoisotopic (exact) mass is 426 g/mol. The van der Waals surface area contributed by atoms with Gasteiger partial charge in [-0.2, -0.15) is 0 Å². The third-order valence-electron chi connectivity index (χ3n) is 4.33. The van der Waals surface area contributed by atoms with E-state index in [0.29, 0.717) is 46.5 Å². The van der Waals surface area contributed by atoms with Gasteiger partial charge in [-0.1, -0.05) is 23.9 Å². The predicted octanol–water partition coefficient (Wildman–Crippen LogP) is 2.15. The number of hydrogen-bond acceptors (Lipinski definition) is 7. The summed E-state index contributed by atoms with van der Waals surface area (Å²) in [7, 11) is 1.59. The smallest absolute Gasteiger partial charge is 0.325 e. The lowest BCUT2D eigenvalue weighted by Gasteiger charge is -2.19. The number of nitrogens with zero attached hydrogens (tertiary/aromatic N) is 2. The van der Waals surface area contributed by atoms with E-state index in [1.165, 1.54) is 4.57 Å². The Balaban J connectivity index is 1.36. The zero-order valence-electron chi connectivity index (χ0n) is 16.0. The van der Waals surface area contributed by atoms with Gasteiger partial charge in [0.1, 0.15) is 13.2 Å². The van der Waals surface area contributed by atoms with Crippen molar-refractivity contribution in [2.24, 2.45) is 7.05 Å². The Morgan fingerprint density at radius 3 is 2.73 bits per heavy atom. The lowest BCUT2D eigenvalue weighted by atomic mass is 10.2. The van der Waals surface area contributed by atoms with Crippen molar-refractivity contribution in [2.45, 2.75) is 5.16 Å². The van der Waals surface area contributed by atoms with Crippen LogP contribution in [0.4, 0.5) is 10.5 Å². The number of para-hydroxylation sites is 1. The summed E-state index contributed by atoms with van der Waals surface area (Å²) < 4.78 is 12.3. The minimum absolute atomic E-state index is 0.0762. The zero-order chi connectivity index (χ0) is 21.1. The van der Waals surface area contributed by atoms with Crippen LogP contribution >= 0.6 is 11.8 Å². The van der Waals surface area contributed by atoms with Gasteiger partial charge in [0.2, 0.25) is 5.91 Å². The van der Waals surface area contributed by atoms with Crippen LogP contribution in [0.5, 0.6) is 11.5 Å². The molecule has 9 nitrogen and oxygen atoms in total. The first-order valence-corrected chi connectivity index (χ1v) is 10.1. The topological polar surface area (TPSA) is 112 Å². The molecule has 154 valence electrons. The van der Waals surface area contributed by atoms with Crippen molar-refractivity contribution in [3.63, 3.8) is 0 Å². The summed E-state index contributed by atoms with van der Waals surface area (Å²) in [6, 6.07) is 11.3. The highest BCUT2D eigenvalue weighted by atomic mass is 32.2. The van der Waals surface area contributed by atoms with Gasteiger partial charge in [-0.15, -0.1) is 0 Å². The van der Waals surface area contributed by atoms with Gasteiger partial charge in [0.25, 0.3) is 5.56 Å². The minimum atomic E-state index is -0.669. The minimum Gasteiger partial charge on any atom is -0.486 e. The Hall–Kier alpha value is -3.53. The summed E-state index contributed by atoms with van der Waals surface area (Å²) in [6.07, 6.45) is 0. The Morgan fingerprint density at radius 1 is 1.13 bits per heavy atom. The van der Waals surface area contributed by atoms with E-state index in [2.05, 4.69) is 15.6 Å². The molecule has 3 aromatic rings. The van der Waals surface area contributed by atoms with Crippen LogP contribution in [-0.4, -0.2) is 40.5 Å². The molecule has 1 aromatic heterocycles. The van der Waals surface area contributed by atoms with Crippen LogP contribution in [0.2, 0.25) is 0 Å². The maximum absolute atomic E-state index is 12.4. The molecule has 0 bridgehead atoms. The number of anilines is 1. The van der Waals surface area contributed by atoms with Crippen molar-refractivity contribution in [2.75, 3.05) is 24.3 Å². The number of imide groups is 1. The maximum Gasteiger partial charge on any atom is 0.325 e. The van der Waals surface area contributed by atoms with Crippen molar-refractivity contribution < 1.29 is 19.1 Å². The number of nitrogens with one attached hydrogen (secondary N) is 2. The van der Waals surface area contributed by atoms with Crippen molar-refractivity contribution in [3.05, 3.63) is 52.8 Å². The number of hydrogen-bond donors (Lipinski definition) is 2. The fourth-order valence-electron chi connectivity index (χ4n) is 2.90. The Labute approximate surface area is 175 Å². The SMILES string of the molecule is Cn1c(SCC(=O)NC(=O)Nc2ccc3c(c2)OCCO3)nc2ccccc2c1=O. The second kappa shape index (κ2) is 8.46. The molecule has 0 saturated carbocycles. The normalized spacial score (nSPS) is 12.4. The number of amides is 3. The van der Waals surface area contributed by atoms with Crippen molar-refractivity contribution in [1.82, 2.24) is 14.9 Å². The number of benzene rings is 2. The van der Waals surface area contributed by atoms with E-state index in [0.717, 1.165) is 11.8 Å². The summed E-state index contributed by atoms with van der Waals surface area (Å²) in [6.45, 7) is 0.910. The molecule has 30 heavy (non-hydrogen) atoms. The molecule has 2 heterocycles. The molecule has 0 radical (unpaired) electrons. The van der Waals surface area contributed by atoms with Crippen LogP contribution in [0.15, 0.2) is 52.4 Å². The van der Waals surface area contributed by atoms with Crippen molar-refractivity contribution in [1.29, 1.82) is 0 Å². The third-order valence-corrected chi connectivity index (χ3v) is 5.36. The number of carbonyl (C=O) groups excluding carboxylic acids is 2. The molecular weight excluding hydrogens is 408 g/mol. The van der Waals surface area contributed by atoms with E-state index in [1.54, 1.807) is 49.5 Å². The fourth-order valence-corrected chi connectivity index (χ4v) is 3.67. The molecule has 0 aliphatic carbocycles. The van der Waals surface area contributed by atoms with Gasteiger partial charge in [-0.25, -0.2) is 9.78 Å². The van der Waals surface area contributed by atoms with E-state index in [-0.39, 0.29) is 11.3 Å². The average molecular weight is 426 g/mol.